The van der Waals surface area contributed by atoms with Crippen molar-refractivity contribution >= 4 is 57.9 Å². The van der Waals surface area contributed by atoms with Crippen molar-refractivity contribution in [2.24, 2.45) is 17.8 Å². The lowest BCUT2D eigenvalue weighted by Gasteiger charge is -2.40. The van der Waals surface area contributed by atoms with E-state index in [2.05, 4.69) is 17.4 Å². The van der Waals surface area contributed by atoms with Crippen molar-refractivity contribution in [3.8, 4) is 0 Å². The highest BCUT2D eigenvalue weighted by Gasteiger charge is 2.55. The first-order chi connectivity index (χ1) is 16.0. The van der Waals surface area contributed by atoms with E-state index in [1.165, 1.54) is 36.2 Å². The fourth-order valence-corrected chi connectivity index (χ4v) is 9.41. The first-order valence-corrected chi connectivity index (χ1v) is 13.6. The molecular formula is C25H22Cl2N2O2S2. The summed E-state index contributed by atoms with van der Waals surface area (Å²) in [6, 6.07) is 15.1. The fraction of sp³-hybridized carbons (Fsp3) is 0.360. The number of nitrogens with one attached hydrogen (secondary N) is 1. The van der Waals surface area contributed by atoms with Gasteiger partial charge in [-0.1, -0.05) is 46.7 Å². The van der Waals surface area contributed by atoms with Gasteiger partial charge in [0.2, 0.25) is 5.91 Å². The van der Waals surface area contributed by atoms with Gasteiger partial charge in [0.15, 0.2) is 0 Å². The lowest BCUT2D eigenvalue weighted by Crippen LogP contribution is -2.34. The number of thiazole rings is 1. The zero-order valence-corrected chi connectivity index (χ0v) is 20.8. The predicted molar refractivity (Wildman–Crippen MR) is 136 cm³/mol. The molecule has 6 rings (SSSR count). The van der Waals surface area contributed by atoms with Gasteiger partial charge in [-0.3, -0.25) is 14.2 Å². The molecule has 5 atom stereocenters. The summed E-state index contributed by atoms with van der Waals surface area (Å²) >= 11 is 15.3. The number of benzene rings is 2. The van der Waals surface area contributed by atoms with E-state index in [0.29, 0.717) is 33.7 Å². The van der Waals surface area contributed by atoms with Crippen LogP contribution >= 0.6 is 46.3 Å². The molecule has 3 aliphatic rings. The minimum atomic E-state index is -0.210. The van der Waals surface area contributed by atoms with Crippen molar-refractivity contribution in [1.29, 1.82) is 0 Å². The quantitative estimate of drug-likeness (QED) is 0.430. The van der Waals surface area contributed by atoms with Crippen LogP contribution in [0, 0.1) is 17.8 Å². The molecule has 5 unspecified atom stereocenters. The van der Waals surface area contributed by atoms with Crippen LogP contribution in [0.2, 0.25) is 10.0 Å². The SMILES string of the molecule is O=C(Cn1c2c(sc1=O)C(c1ccc(Cl)cc1)C1C3CCC(C3)C1S2)Nc1ccc(Cl)cc1. The monoisotopic (exact) mass is 516 g/mol. The van der Waals surface area contributed by atoms with Crippen LogP contribution in [0.3, 0.4) is 0 Å². The lowest BCUT2D eigenvalue weighted by atomic mass is 9.75. The molecule has 1 aliphatic heterocycles. The molecule has 8 heteroatoms. The Hall–Kier alpha value is -1.73. The molecule has 2 bridgehead atoms. The highest BCUT2D eigenvalue weighted by Crippen LogP contribution is 2.64. The third-order valence-electron chi connectivity index (χ3n) is 7.35. The smallest absolute Gasteiger partial charge is 0.308 e. The highest BCUT2D eigenvalue weighted by molar-refractivity contribution is 8.00. The Morgan fingerprint density at radius 1 is 1.00 bits per heavy atom. The highest BCUT2D eigenvalue weighted by atomic mass is 35.5. The standard InChI is InChI=1S/C25H22Cl2N2O2S2/c26-16-5-3-13(4-6-16)20-21-14-1-2-15(11-14)22(21)32-24-23(20)33-25(31)29(24)12-19(30)28-18-9-7-17(27)8-10-18/h3-10,14-15,20-22H,1-2,11-12H2,(H,28,30). The summed E-state index contributed by atoms with van der Waals surface area (Å²) in [5.74, 6) is 1.92. The summed E-state index contributed by atoms with van der Waals surface area (Å²) in [5.41, 5.74) is 1.89. The van der Waals surface area contributed by atoms with Gasteiger partial charge in [-0.2, -0.15) is 0 Å². The van der Waals surface area contributed by atoms with Gasteiger partial charge in [0, 0.05) is 31.8 Å². The van der Waals surface area contributed by atoms with Crippen LogP contribution < -0.4 is 10.2 Å². The van der Waals surface area contributed by atoms with Crippen molar-refractivity contribution in [1.82, 2.24) is 4.57 Å². The molecule has 1 aromatic heterocycles. The van der Waals surface area contributed by atoms with Gasteiger partial charge >= 0.3 is 4.87 Å². The Morgan fingerprint density at radius 3 is 2.39 bits per heavy atom. The second-order valence-electron chi connectivity index (χ2n) is 9.20. The number of rotatable bonds is 4. The molecule has 3 aromatic rings. The maximum Gasteiger partial charge on any atom is 0.308 e. The Kier molecular flexibility index (Phi) is 5.60. The molecule has 1 N–H and O–H groups in total. The van der Waals surface area contributed by atoms with Crippen molar-refractivity contribution in [2.45, 2.75) is 42.0 Å². The number of thioether (sulfide) groups is 1. The Labute approximate surface area is 210 Å². The number of carbonyl (C=O) groups excluding carboxylic acids is 1. The van der Waals surface area contributed by atoms with E-state index in [1.807, 2.05) is 23.9 Å². The summed E-state index contributed by atoms with van der Waals surface area (Å²) < 4.78 is 1.68. The van der Waals surface area contributed by atoms with Gasteiger partial charge in [0.1, 0.15) is 6.54 Å². The molecule has 1 amide bonds. The topological polar surface area (TPSA) is 51.1 Å². The number of anilines is 1. The van der Waals surface area contributed by atoms with E-state index in [-0.39, 0.29) is 23.2 Å². The number of aromatic nitrogens is 1. The van der Waals surface area contributed by atoms with Gasteiger partial charge in [-0.25, -0.2) is 0 Å². The average Bonchev–Trinajstić information content (AvgIpc) is 3.49. The molecule has 0 saturated heterocycles. The van der Waals surface area contributed by atoms with Crippen LogP contribution in [0.25, 0.3) is 0 Å². The van der Waals surface area contributed by atoms with Crippen LogP contribution in [0.5, 0.6) is 0 Å². The minimum absolute atomic E-state index is 0.0130. The summed E-state index contributed by atoms with van der Waals surface area (Å²) in [7, 11) is 0. The van der Waals surface area contributed by atoms with Crippen molar-refractivity contribution in [2.75, 3.05) is 5.32 Å². The molecule has 2 aliphatic carbocycles. The maximum absolute atomic E-state index is 13.1. The molecule has 4 nitrogen and oxygen atoms in total. The average molecular weight is 518 g/mol. The van der Waals surface area contributed by atoms with Crippen LogP contribution in [-0.4, -0.2) is 15.7 Å². The third-order valence-corrected chi connectivity index (χ3v) is 10.7. The Bertz CT molecular complexity index is 1270. The lowest BCUT2D eigenvalue weighted by molar-refractivity contribution is -0.116. The second kappa shape index (κ2) is 8.49. The molecular weight excluding hydrogens is 495 g/mol. The Morgan fingerprint density at radius 2 is 1.67 bits per heavy atom. The molecule has 33 heavy (non-hydrogen) atoms. The van der Waals surface area contributed by atoms with Crippen LogP contribution in [0.4, 0.5) is 5.69 Å². The number of hydrogen-bond acceptors (Lipinski definition) is 4. The molecule has 2 aromatic carbocycles. The summed E-state index contributed by atoms with van der Waals surface area (Å²) in [6.07, 6.45) is 3.83. The van der Waals surface area contributed by atoms with Gasteiger partial charge < -0.3 is 5.32 Å². The van der Waals surface area contributed by atoms with E-state index >= 15 is 0 Å². The molecule has 170 valence electrons. The number of amides is 1. The third kappa shape index (κ3) is 3.85. The van der Waals surface area contributed by atoms with E-state index in [9.17, 15) is 9.59 Å². The minimum Gasteiger partial charge on any atom is -0.325 e. The molecule has 2 heterocycles. The fourth-order valence-electron chi connectivity index (χ4n) is 6.01. The number of hydrogen-bond donors (Lipinski definition) is 1. The zero-order chi connectivity index (χ0) is 22.7. The molecule has 2 saturated carbocycles. The predicted octanol–water partition coefficient (Wildman–Crippen LogP) is 6.51. The van der Waals surface area contributed by atoms with Gasteiger partial charge in [0.05, 0.1) is 5.03 Å². The largest absolute Gasteiger partial charge is 0.325 e. The van der Waals surface area contributed by atoms with Gasteiger partial charge in [-0.15, -0.1) is 11.8 Å². The van der Waals surface area contributed by atoms with Gasteiger partial charge in [-0.05, 0) is 79.0 Å². The summed E-state index contributed by atoms with van der Waals surface area (Å²) in [6.45, 7) is 0.0130. The van der Waals surface area contributed by atoms with Crippen LogP contribution in [0.1, 0.15) is 35.6 Å². The van der Waals surface area contributed by atoms with Crippen molar-refractivity contribution < 1.29 is 4.79 Å². The van der Waals surface area contributed by atoms with E-state index in [1.54, 1.807) is 28.8 Å². The van der Waals surface area contributed by atoms with E-state index in [4.69, 9.17) is 23.2 Å². The van der Waals surface area contributed by atoms with Crippen molar-refractivity contribution in [3.63, 3.8) is 0 Å². The molecule has 0 spiro atoms. The number of nitrogens with zero attached hydrogens (tertiary/aromatic N) is 1. The van der Waals surface area contributed by atoms with Crippen molar-refractivity contribution in [3.05, 3.63) is 78.7 Å². The van der Waals surface area contributed by atoms with E-state index in [0.717, 1.165) is 14.9 Å². The number of halogens is 2. The van der Waals surface area contributed by atoms with Crippen LogP contribution in [0.15, 0.2) is 58.4 Å². The first-order valence-electron chi connectivity index (χ1n) is 11.2. The maximum atomic E-state index is 13.1. The zero-order valence-electron chi connectivity index (χ0n) is 17.7. The molecule has 2 fully saturated rings. The van der Waals surface area contributed by atoms with Gasteiger partial charge in [0.25, 0.3) is 0 Å². The summed E-state index contributed by atoms with van der Waals surface area (Å²) in [4.78, 5) is 27.0. The first kappa shape index (κ1) is 21.8. The number of fused-ring (bicyclic) bond motifs is 6. The normalized spacial score (nSPS) is 27.3. The summed E-state index contributed by atoms with van der Waals surface area (Å²) in [5, 5.41) is 5.69. The molecule has 0 radical (unpaired) electrons. The van der Waals surface area contributed by atoms with E-state index < -0.39 is 0 Å². The number of carbonyl (C=O) groups is 1. The van der Waals surface area contributed by atoms with Crippen LogP contribution in [-0.2, 0) is 11.3 Å². The second-order valence-corrected chi connectivity index (χ2v) is 12.2. The Balaban J connectivity index is 1.36.